The molecule has 1 fully saturated rings. The van der Waals surface area contributed by atoms with Crippen LogP contribution in [0.4, 0.5) is 0 Å². The van der Waals surface area contributed by atoms with Crippen LogP contribution in [0.3, 0.4) is 0 Å². The van der Waals surface area contributed by atoms with Gasteiger partial charge in [-0.2, -0.15) is 0 Å². The first-order valence-electron chi connectivity index (χ1n) is 7.39. The summed E-state index contributed by atoms with van der Waals surface area (Å²) in [6, 6.07) is 9.15. The minimum Gasteiger partial charge on any atom is -0.310 e. The average Bonchev–Trinajstić information content (AvgIpc) is 3.30. The van der Waals surface area contributed by atoms with Gasteiger partial charge in [-0.3, -0.25) is 0 Å². The molecular weight excluding hydrogens is 278 g/mol. The highest BCUT2D eigenvalue weighted by Crippen LogP contribution is 2.23. The lowest BCUT2D eigenvalue weighted by Crippen LogP contribution is -2.18. The molecule has 1 heterocycles. The first-order chi connectivity index (χ1) is 10.2. The molecule has 0 radical (unpaired) electrons. The average molecular weight is 299 g/mol. The Morgan fingerprint density at radius 2 is 1.71 bits per heavy atom. The molecule has 0 amide bonds. The first-order valence-corrected chi connectivity index (χ1v) is 8.62. The standard InChI is InChI=1S/C17H21N3S/c1-11-16(10-18-14-6-7-14)12(2)20-17(19-11)13-4-8-15(21-3)9-5-13/h4-5,8-9,14,18H,6-7,10H2,1-3H3. The molecular formula is C17H21N3S. The highest BCUT2D eigenvalue weighted by atomic mass is 32.2. The Kier molecular flexibility index (Phi) is 4.27. The minimum atomic E-state index is 0.711. The molecule has 1 N–H and O–H groups in total. The van der Waals surface area contributed by atoms with E-state index in [4.69, 9.17) is 9.97 Å². The summed E-state index contributed by atoms with van der Waals surface area (Å²) in [6.45, 7) is 5.05. The molecule has 2 aromatic rings. The number of aryl methyl sites for hydroxylation is 2. The Bertz CT molecular complexity index is 610. The summed E-state index contributed by atoms with van der Waals surface area (Å²) < 4.78 is 0. The zero-order chi connectivity index (χ0) is 14.8. The van der Waals surface area contributed by atoms with E-state index < -0.39 is 0 Å². The smallest absolute Gasteiger partial charge is 0.159 e. The summed E-state index contributed by atoms with van der Waals surface area (Å²) in [6.07, 6.45) is 4.69. The van der Waals surface area contributed by atoms with E-state index in [1.807, 2.05) is 0 Å². The molecule has 0 saturated heterocycles. The number of hydrogen-bond donors (Lipinski definition) is 1. The van der Waals surface area contributed by atoms with Crippen molar-refractivity contribution in [1.82, 2.24) is 15.3 Å². The normalized spacial score (nSPS) is 14.4. The van der Waals surface area contributed by atoms with E-state index >= 15 is 0 Å². The van der Waals surface area contributed by atoms with Gasteiger partial charge in [0, 0.05) is 40.0 Å². The SMILES string of the molecule is CSc1ccc(-c2nc(C)c(CNC3CC3)c(C)n2)cc1. The molecule has 4 heteroatoms. The molecule has 21 heavy (non-hydrogen) atoms. The lowest BCUT2D eigenvalue weighted by atomic mass is 10.1. The third-order valence-electron chi connectivity index (χ3n) is 3.91. The Labute approximate surface area is 130 Å². The van der Waals surface area contributed by atoms with Crippen molar-refractivity contribution in [1.29, 1.82) is 0 Å². The molecule has 1 aliphatic rings. The van der Waals surface area contributed by atoms with Gasteiger partial charge in [0.2, 0.25) is 0 Å². The number of benzene rings is 1. The van der Waals surface area contributed by atoms with Gasteiger partial charge < -0.3 is 5.32 Å². The van der Waals surface area contributed by atoms with Crippen molar-refractivity contribution >= 4 is 11.8 Å². The topological polar surface area (TPSA) is 37.8 Å². The largest absolute Gasteiger partial charge is 0.310 e. The summed E-state index contributed by atoms with van der Waals surface area (Å²) >= 11 is 1.75. The molecule has 1 aliphatic carbocycles. The molecule has 0 atom stereocenters. The van der Waals surface area contributed by atoms with Crippen LogP contribution in [-0.2, 0) is 6.54 Å². The van der Waals surface area contributed by atoms with E-state index in [-0.39, 0.29) is 0 Å². The summed E-state index contributed by atoms with van der Waals surface area (Å²) in [4.78, 5) is 10.7. The van der Waals surface area contributed by atoms with Crippen LogP contribution < -0.4 is 5.32 Å². The molecule has 1 saturated carbocycles. The predicted octanol–water partition coefficient (Wildman–Crippen LogP) is 3.73. The molecule has 1 aromatic carbocycles. The first kappa shape index (κ1) is 14.5. The van der Waals surface area contributed by atoms with Crippen LogP contribution in [0, 0.1) is 13.8 Å². The van der Waals surface area contributed by atoms with Crippen LogP contribution in [0.5, 0.6) is 0 Å². The van der Waals surface area contributed by atoms with Crippen LogP contribution in [-0.4, -0.2) is 22.3 Å². The summed E-state index contributed by atoms with van der Waals surface area (Å²) in [5.41, 5.74) is 4.49. The quantitative estimate of drug-likeness (QED) is 0.854. The van der Waals surface area contributed by atoms with Crippen molar-refractivity contribution < 1.29 is 0 Å². The van der Waals surface area contributed by atoms with Crippen molar-refractivity contribution in [3.8, 4) is 11.4 Å². The van der Waals surface area contributed by atoms with Crippen LogP contribution in [0.15, 0.2) is 29.2 Å². The molecule has 3 rings (SSSR count). The molecule has 3 nitrogen and oxygen atoms in total. The van der Waals surface area contributed by atoms with Crippen molar-refractivity contribution in [3.05, 3.63) is 41.2 Å². The van der Waals surface area contributed by atoms with Gasteiger partial charge in [-0.05, 0) is 45.1 Å². The highest BCUT2D eigenvalue weighted by Gasteiger charge is 2.21. The Morgan fingerprint density at radius 1 is 1.10 bits per heavy atom. The highest BCUT2D eigenvalue weighted by molar-refractivity contribution is 7.98. The van der Waals surface area contributed by atoms with Gasteiger partial charge >= 0.3 is 0 Å². The fraction of sp³-hybridized carbons (Fsp3) is 0.412. The Hall–Kier alpha value is -1.39. The number of thioether (sulfide) groups is 1. The molecule has 110 valence electrons. The van der Waals surface area contributed by atoms with Crippen molar-refractivity contribution in [2.75, 3.05) is 6.26 Å². The van der Waals surface area contributed by atoms with Gasteiger partial charge in [0.15, 0.2) is 5.82 Å². The maximum absolute atomic E-state index is 4.70. The fourth-order valence-electron chi connectivity index (χ4n) is 2.40. The van der Waals surface area contributed by atoms with E-state index in [9.17, 15) is 0 Å². The van der Waals surface area contributed by atoms with E-state index in [1.165, 1.54) is 23.3 Å². The summed E-state index contributed by atoms with van der Waals surface area (Å²) in [5, 5.41) is 3.55. The third-order valence-corrected chi connectivity index (χ3v) is 4.66. The van der Waals surface area contributed by atoms with E-state index in [2.05, 4.69) is 49.7 Å². The summed E-state index contributed by atoms with van der Waals surface area (Å²) in [5.74, 6) is 0.827. The van der Waals surface area contributed by atoms with E-state index in [0.717, 1.165) is 29.3 Å². The van der Waals surface area contributed by atoms with Crippen molar-refractivity contribution in [2.45, 2.75) is 44.2 Å². The zero-order valence-corrected chi connectivity index (χ0v) is 13.6. The van der Waals surface area contributed by atoms with Gasteiger partial charge in [0.25, 0.3) is 0 Å². The van der Waals surface area contributed by atoms with Crippen molar-refractivity contribution in [2.24, 2.45) is 0 Å². The molecule has 1 aromatic heterocycles. The lowest BCUT2D eigenvalue weighted by Gasteiger charge is -2.12. The van der Waals surface area contributed by atoms with Crippen LogP contribution in [0.1, 0.15) is 29.8 Å². The van der Waals surface area contributed by atoms with Crippen LogP contribution in [0.25, 0.3) is 11.4 Å². The number of hydrogen-bond acceptors (Lipinski definition) is 4. The number of nitrogens with one attached hydrogen (secondary N) is 1. The molecule has 0 bridgehead atoms. The van der Waals surface area contributed by atoms with Crippen LogP contribution >= 0.6 is 11.8 Å². The molecule has 0 unspecified atom stereocenters. The predicted molar refractivity (Wildman–Crippen MR) is 88.6 cm³/mol. The van der Waals surface area contributed by atoms with Crippen LogP contribution in [0.2, 0.25) is 0 Å². The summed E-state index contributed by atoms with van der Waals surface area (Å²) in [7, 11) is 0. The lowest BCUT2D eigenvalue weighted by molar-refractivity contribution is 0.675. The monoisotopic (exact) mass is 299 g/mol. The second-order valence-electron chi connectivity index (χ2n) is 5.58. The molecule has 0 spiro atoms. The number of aromatic nitrogens is 2. The zero-order valence-electron chi connectivity index (χ0n) is 12.8. The van der Waals surface area contributed by atoms with E-state index in [1.54, 1.807) is 11.8 Å². The Balaban J connectivity index is 1.85. The second kappa shape index (κ2) is 6.16. The van der Waals surface area contributed by atoms with Gasteiger partial charge in [-0.1, -0.05) is 12.1 Å². The fourth-order valence-corrected chi connectivity index (χ4v) is 2.81. The maximum atomic E-state index is 4.70. The minimum absolute atomic E-state index is 0.711. The third kappa shape index (κ3) is 3.44. The van der Waals surface area contributed by atoms with Gasteiger partial charge in [-0.15, -0.1) is 11.8 Å². The van der Waals surface area contributed by atoms with Gasteiger partial charge in [-0.25, -0.2) is 9.97 Å². The van der Waals surface area contributed by atoms with Gasteiger partial charge in [0.05, 0.1) is 0 Å². The Morgan fingerprint density at radius 3 is 2.24 bits per heavy atom. The molecule has 0 aliphatic heterocycles. The number of rotatable bonds is 5. The van der Waals surface area contributed by atoms with Gasteiger partial charge in [0.1, 0.15) is 0 Å². The maximum Gasteiger partial charge on any atom is 0.159 e. The van der Waals surface area contributed by atoms with Crippen molar-refractivity contribution in [3.63, 3.8) is 0 Å². The second-order valence-corrected chi connectivity index (χ2v) is 6.46. The van der Waals surface area contributed by atoms with E-state index in [0.29, 0.717) is 6.04 Å². The number of nitrogens with zero attached hydrogens (tertiary/aromatic N) is 2.